The van der Waals surface area contributed by atoms with Crippen molar-refractivity contribution in [1.82, 2.24) is 4.98 Å². The molecule has 1 aromatic rings. The molecule has 0 aromatic carbocycles. The van der Waals surface area contributed by atoms with E-state index in [1.165, 1.54) is 12.8 Å². The first-order valence-corrected chi connectivity index (χ1v) is 7.15. The molecule has 0 atom stereocenters. The van der Waals surface area contributed by atoms with E-state index in [0.717, 1.165) is 49.3 Å². The number of rotatable bonds is 4. The van der Waals surface area contributed by atoms with E-state index >= 15 is 0 Å². The van der Waals surface area contributed by atoms with Crippen molar-refractivity contribution >= 4 is 11.8 Å². The normalized spacial score (nSPS) is 20.6. The van der Waals surface area contributed by atoms with Gasteiger partial charge in [-0.3, -0.25) is 4.79 Å². The molecule has 0 radical (unpaired) electrons. The third kappa shape index (κ3) is 1.99. The Morgan fingerprint density at radius 2 is 2.11 bits per heavy atom. The van der Waals surface area contributed by atoms with Crippen molar-refractivity contribution in [3.63, 3.8) is 0 Å². The molecule has 0 bridgehead atoms. The van der Waals surface area contributed by atoms with Gasteiger partial charge >= 0.3 is 5.97 Å². The quantitative estimate of drug-likeness (QED) is 0.903. The van der Waals surface area contributed by atoms with Gasteiger partial charge in [0.05, 0.1) is 5.41 Å². The molecule has 102 valence electrons. The van der Waals surface area contributed by atoms with E-state index in [2.05, 4.69) is 22.9 Å². The van der Waals surface area contributed by atoms with Crippen LogP contribution >= 0.6 is 0 Å². The van der Waals surface area contributed by atoms with E-state index in [0.29, 0.717) is 0 Å². The van der Waals surface area contributed by atoms with Gasteiger partial charge in [0.1, 0.15) is 5.82 Å². The van der Waals surface area contributed by atoms with Crippen LogP contribution in [0.3, 0.4) is 0 Å². The minimum absolute atomic E-state index is 0.657. The summed E-state index contributed by atoms with van der Waals surface area (Å²) in [5.41, 5.74) is 1.42. The summed E-state index contributed by atoms with van der Waals surface area (Å²) < 4.78 is 0. The summed E-state index contributed by atoms with van der Waals surface area (Å²) in [5.74, 6) is 0.220. The summed E-state index contributed by atoms with van der Waals surface area (Å²) in [5, 5.41) is 9.54. The van der Waals surface area contributed by atoms with Gasteiger partial charge in [0, 0.05) is 24.8 Å². The van der Waals surface area contributed by atoms with Crippen molar-refractivity contribution < 1.29 is 9.90 Å². The summed E-state index contributed by atoms with van der Waals surface area (Å²) >= 11 is 0. The lowest BCUT2D eigenvalue weighted by atomic mass is 9.94. The molecule has 1 N–H and O–H groups in total. The van der Waals surface area contributed by atoms with E-state index < -0.39 is 11.4 Å². The van der Waals surface area contributed by atoms with Gasteiger partial charge in [-0.1, -0.05) is 6.92 Å². The van der Waals surface area contributed by atoms with Gasteiger partial charge in [-0.15, -0.1) is 0 Å². The molecule has 1 aliphatic carbocycles. The molecule has 19 heavy (non-hydrogen) atoms. The number of carboxylic acids is 1. The number of anilines is 1. The SMILES string of the molecule is CCc1cnc(N2CCCC2)c(C2(C(=O)O)CC2)c1. The van der Waals surface area contributed by atoms with Crippen LogP contribution in [0.15, 0.2) is 12.3 Å². The molecule has 4 heteroatoms. The van der Waals surface area contributed by atoms with Crippen molar-refractivity contribution in [1.29, 1.82) is 0 Å². The number of aliphatic carboxylic acids is 1. The van der Waals surface area contributed by atoms with E-state index in [-0.39, 0.29) is 0 Å². The number of carboxylic acid groups (broad SMARTS) is 1. The molecule has 1 aliphatic heterocycles. The molecule has 4 nitrogen and oxygen atoms in total. The lowest BCUT2D eigenvalue weighted by Crippen LogP contribution is -2.27. The van der Waals surface area contributed by atoms with Gasteiger partial charge in [-0.05, 0) is 43.7 Å². The van der Waals surface area contributed by atoms with E-state index in [1.807, 2.05) is 6.20 Å². The number of nitrogens with zero attached hydrogens (tertiary/aromatic N) is 2. The number of hydrogen-bond acceptors (Lipinski definition) is 3. The van der Waals surface area contributed by atoms with Crippen LogP contribution in [0.1, 0.15) is 43.7 Å². The summed E-state index contributed by atoms with van der Waals surface area (Å²) in [7, 11) is 0. The van der Waals surface area contributed by atoms with E-state index in [9.17, 15) is 9.90 Å². The van der Waals surface area contributed by atoms with Crippen molar-refractivity contribution in [3.05, 3.63) is 23.4 Å². The van der Waals surface area contributed by atoms with Crippen LogP contribution in [0.2, 0.25) is 0 Å². The van der Waals surface area contributed by atoms with Crippen LogP contribution in [0.4, 0.5) is 5.82 Å². The summed E-state index contributed by atoms with van der Waals surface area (Å²) in [6, 6.07) is 2.07. The number of aromatic nitrogens is 1. The Balaban J connectivity index is 2.06. The van der Waals surface area contributed by atoms with Gasteiger partial charge < -0.3 is 10.0 Å². The highest BCUT2D eigenvalue weighted by Gasteiger charge is 2.53. The Morgan fingerprint density at radius 1 is 1.42 bits per heavy atom. The molecule has 0 amide bonds. The zero-order valence-corrected chi connectivity index (χ0v) is 11.4. The van der Waals surface area contributed by atoms with Gasteiger partial charge in [-0.2, -0.15) is 0 Å². The Kier molecular flexibility index (Phi) is 2.96. The molecule has 2 fully saturated rings. The second kappa shape index (κ2) is 4.51. The summed E-state index contributed by atoms with van der Waals surface area (Å²) in [4.78, 5) is 18.4. The second-order valence-corrected chi connectivity index (χ2v) is 5.65. The van der Waals surface area contributed by atoms with Crippen LogP contribution in [0.25, 0.3) is 0 Å². The molecule has 0 spiro atoms. The van der Waals surface area contributed by atoms with Crippen LogP contribution in [0.5, 0.6) is 0 Å². The number of hydrogen-bond donors (Lipinski definition) is 1. The van der Waals surface area contributed by atoms with Gasteiger partial charge in [0.15, 0.2) is 0 Å². The van der Waals surface area contributed by atoms with Gasteiger partial charge in [0.25, 0.3) is 0 Å². The smallest absolute Gasteiger partial charge is 0.314 e. The highest BCUT2D eigenvalue weighted by Crippen LogP contribution is 2.51. The van der Waals surface area contributed by atoms with Gasteiger partial charge in [-0.25, -0.2) is 4.98 Å². The lowest BCUT2D eigenvalue weighted by Gasteiger charge is -2.23. The third-order valence-electron chi connectivity index (χ3n) is 4.41. The van der Waals surface area contributed by atoms with Crippen LogP contribution in [0, 0.1) is 0 Å². The third-order valence-corrected chi connectivity index (χ3v) is 4.41. The van der Waals surface area contributed by atoms with E-state index in [1.54, 1.807) is 0 Å². The zero-order valence-electron chi connectivity index (χ0n) is 11.4. The Morgan fingerprint density at radius 3 is 2.63 bits per heavy atom. The predicted molar refractivity (Wildman–Crippen MR) is 73.6 cm³/mol. The summed E-state index contributed by atoms with van der Waals surface area (Å²) in [6.07, 6.45) is 6.65. The monoisotopic (exact) mass is 260 g/mol. The summed E-state index contributed by atoms with van der Waals surface area (Å²) in [6.45, 7) is 4.08. The average Bonchev–Trinajstić information content (AvgIpc) is 3.07. The molecule has 1 aromatic heterocycles. The van der Waals surface area contributed by atoms with Crippen LogP contribution < -0.4 is 4.90 Å². The first-order valence-electron chi connectivity index (χ1n) is 7.15. The van der Waals surface area contributed by atoms with Crippen molar-refractivity contribution in [2.24, 2.45) is 0 Å². The van der Waals surface area contributed by atoms with Gasteiger partial charge in [0.2, 0.25) is 0 Å². The zero-order chi connectivity index (χ0) is 13.5. The maximum Gasteiger partial charge on any atom is 0.314 e. The average molecular weight is 260 g/mol. The molecular weight excluding hydrogens is 240 g/mol. The molecule has 0 unspecified atom stereocenters. The first-order chi connectivity index (χ1) is 9.17. The first kappa shape index (κ1) is 12.5. The fraction of sp³-hybridized carbons (Fsp3) is 0.600. The lowest BCUT2D eigenvalue weighted by molar-refractivity contribution is -0.140. The molecule has 3 rings (SSSR count). The molecule has 2 heterocycles. The number of carbonyl (C=O) groups is 1. The Hall–Kier alpha value is -1.58. The largest absolute Gasteiger partial charge is 0.481 e. The van der Waals surface area contributed by atoms with Crippen molar-refractivity contribution in [3.8, 4) is 0 Å². The maximum absolute atomic E-state index is 11.6. The Bertz CT molecular complexity index is 503. The Labute approximate surface area is 113 Å². The molecule has 2 aliphatic rings. The molecular formula is C15H20N2O2. The number of pyridine rings is 1. The minimum atomic E-state index is -0.692. The fourth-order valence-corrected chi connectivity index (χ4v) is 2.95. The standard InChI is InChI=1S/C15H20N2O2/c1-2-11-9-12(15(5-6-15)14(18)19)13(16-10-11)17-7-3-4-8-17/h9-10H,2-8H2,1H3,(H,18,19). The molecule has 1 saturated carbocycles. The number of aryl methyl sites for hydroxylation is 1. The fourth-order valence-electron chi connectivity index (χ4n) is 2.95. The van der Waals surface area contributed by atoms with Crippen LogP contribution in [-0.2, 0) is 16.6 Å². The highest BCUT2D eigenvalue weighted by molar-refractivity contribution is 5.87. The second-order valence-electron chi connectivity index (χ2n) is 5.65. The maximum atomic E-state index is 11.6. The predicted octanol–water partition coefficient (Wildman–Crippen LogP) is 2.36. The topological polar surface area (TPSA) is 53.4 Å². The van der Waals surface area contributed by atoms with Crippen LogP contribution in [-0.4, -0.2) is 29.1 Å². The van der Waals surface area contributed by atoms with Crippen molar-refractivity contribution in [2.45, 2.75) is 44.4 Å². The van der Waals surface area contributed by atoms with Crippen molar-refractivity contribution in [2.75, 3.05) is 18.0 Å². The van der Waals surface area contributed by atoms with E-state index in [4.69, 9.17) is 0 Å². The minimum Gasteiger partial charge on any atom is -0.481 e. The highest BCUT2D eigenvalue weighted by atomic mass is 16.4. The molecule has 1 saturated heterocycles.